The molecule has 1 aromatic carbocycles. The lowest BCUT2D eigenvalue weighted by Gasteiger charge is -2.14. The normalized spacial score (nSPS) is 10.9. The highest BCUT2D eigenvalue weighted by molar-refractivity contribution is 5.96. The minimum absolute atomic E-state index is 0.415. The third kappa shape index (κ3) is 5.34. The number of aliphatic carboxylic acids is 1. The lowest BCUT2D eigenvalue weighted by molar-refractivity contribution is -0.670. The smallest absolute Gasteiger partial charge is 0.251 e. The molecule has 20 heavy (non-hydrogen) atoms. The number of hydrogen-bond donors (Lipinski definition) is 2. The standard InChI is InChI=1S/C10H11NO3.C4H6N2/c1-7(10(13)14)11-9(12)8-5-3-2-4-6-8;1-6-3-2-5-4-6/h2-7H,1H3,(H,11,12)(H,13,14);2-4H,1H3. The van der Waals surface area contributed by atoms with Gasteiger partial charge in [0.1, 0.15) is 12.4 Å². The average Bonchev–Trinajstić information content (AvgIpc) is 2.91. The number of nitrogens with one attached hydrogen (secondary N) is 2. The molecule has 2 aromatic rings. The van der Waals surface area contributed by atoms with Crippen LogP contribution >= 0.6 is 0 Å². The average molecular weight is 275 g/mol. The first-order chi connectivity index (χ1) is 9.50. The Morgan fingerprint density at radius 2 is 1.95 bits per heavy atom. The Balaban J connectivity index is 0.000000276. The van der Waals surface area contributed by atoms with Crippen LogP contribution in [0.4, 0.5) is 0 Å². The molecule has 0 aliphatic heterocycles. The Morgan fingerprint density at radius 3 is 2.35 bits per heavy atom. The molecule has 0 fully saturated rings. The fraction of sp³-hybridized carbons (Fsp3) is 0.214. The van der Waals surface area contributed by atoms with Crippen LogP contribution in [0.3, 0.4) is 0 Å². The van der Waals surface area contributed by atoms with Gasteiger partial charge in [0.25, 0.3) is 5.91 Å². The summed E-state index contributed by atoms with van der Waals surface area (Å²) in [5.74, 6) is -1.71. The maximum Gasteiger partial charge on any atom is 0.251 e. The van der Waals surface area contributed by atoms with Gasteiger partial charge >= 0.3 is 0 Å². The Morgan fingerprint density at radius 1 is 1.30 bits per heavy atom. The second kappa shape index (κ2) is 7.73. The van der Waals surface area contributed by atoms with E-state index in [1.54, 1.807) is 30.3 Å². The van der Waals surface area contributed by atoms with Crippen LogP contribution in [-0.4, -0.2) is 22.9 Å². The van der Waals surface area contributed by atoms with Crippen molar-refractivity contribution in [1.82, 2.24) is 10.3 Å². The fourth-order valence-corrected chi connectivity index (χ4v) is 1.29. The Hall–Kier alpha value is -2.63. The molecule has 2 rings (SSSR count). The molecular weight excluding hydrogens is 258 g/mol. The first-order valence-corrected chi connectivity index (χ1v) is 6.05. The van der Waals surface area contributed by atoms with Crippen LogP contribution in [0, 0.1) is 0 Å². The van der Waals surface area contributed by atoms with Gasteiger partial charge in [-0.3, -0.25) is 9.78 Å². The third-order valence-electron chi connectivity index (χ3n) is 2.42. The van der Waals surface area contributed by atoms with Crippen molar-refractivity contribution < 1.29 is 19.3 Å². The molecule has 2 N–H and O–H groups in total. The summed E-state index contributed by atoms with van der Waals surface area (Å²) >= 11 is 0. The number of amides is 1. The molecule has 1 amide bonds. The van der Waals surface area contributed by atoms with Gasteiger partial charge in [-0.15, -0.1) is 0 Å². The summed E-state index contributed by atoms with van der Waals surface area (Å²) in [4.78, 5) is 24.6. The number of carboxylic acids is 1. The minimum Gasteiger partial charge on any atom is -0.548 e. The number of nitrogens with zero attached hydrogens (tertiary/aromatic N) is 1. The van der Waals surface area contributed by atoms with Gasteiger partial charge in [-0.25, -0.2) is 4.57 Å². The number of imidazole rings is 1. The van der Waals surface area contributed by atoms with Crippen LogP contribution in [0.5, 0.6) is 0 Å². The zero-order valence-corrected chi connectivity index (χ0v) is 11.4. The van der Waals surface area contributed by atoms with Gasteiger partial charge in [0, 0.05) is 5.56 Å². The van der Waals surface area contributed by atoms with Crippen molar-refractivity contribution in [2.24, 2.45) is 7.05 Å². The maximum atomic E-state index is 11.4. The van der Waals surface area contributed by atoms with E-state index in [-0.39, 0.29) is 0 Å². The molecule has 0 spiro atoms. The molecule has 1 heterocycles. The number of rotatable bonds is 3. The number of benzene rings is 1. The van der Waals surface area contributed by atoms with Crippen molar-refractivity contribution in [3.8, 4) is 0 Å². The van der Waals surface area contributed by atoms with Crippen molar-refractivity contribution in [3.63, 3.8) is 0 Å². The van der Waals surface area contributed by atoms with Crippen molar-refractivity contribution >= 4 is 11.9 Å². The first-order valence-electron chi connectivity index (χ1n) is 6.05. The zero-order valence-electron chi connectivity index (χ0n) is 11.4. The monoisotopic (exact) mass is 275 g/mol. The Labute approximate surface area is 117 Å². The Kier molecular flexibility index (Phi) is 5.96. The van der Waals surface area contributed by atoms with Crippen molar-refractivity contribution in [2.75, 3.05) is 0 Å². The summed E-state index contributed by atoms with van der Waals surface area (Å²) in [7, 11) is 1.97. The summed E-state index contributed by atoms with van der Waals surface area (Å²) in [6.45, 7) is 1.36. The van der Waals surface area contributed by atoms with E-state index in [2.05, 4.69) is 10.3 Å². The molecule has 1 aromatic heterocycles. The SMILES string of the molecule is CC(NC(=O)c1ccccc1)C(=O)[O-].C[n+]1cc[nH]c1. The summed E-state index contributed by atoms with van der Waals surface area (Å²) in [6, 6.07) is 7.42. The molecule has 6 nitrogen and oxygen atoms in total. The van der Waals surface area contributed by atoms with Gasteiger partial charge in [-0.2, -0.15) is 0 Å². The van der Waals surface area contributed by atoms with Gasteiger partial charge in [0.15, 0.2) is 0 Å². The number of carboxylic acid groups (broad SMARTS) is 1. The summed E-state index contributed by atoms with van der Waals surface area (Å²) in [6.07, 6.45) is 5.69. The van der Waals surface area contributed by atoms with Gasteiger partial charge in [0.05, 0.1) is 19.1 Å². The lowest BCUT2D eigenvalue weighted by Crippen LogP contribution is -2.45. The topological polar surface area (TPSA) is 88.9 Å². The van der Waals surface area contributed by atoms with E-state index in [1.165, 1.54) is 6.92 Å². The lowest BCUT2D eigenvalue weighted by atomic mass is 10.2. The molecule has 0 saturated carbocycles. The van der Waals surface area contributed by atoms with Crippen molar-refractivity contribution in [1.29, 1.82) is 0 Å². The highest BCUT2D eigenvalue weighted by Crippen LogP contribution is 1.98. The number of aryl methyl sites for hydroxylation is 1. The fourth-order valence-electron chi connectivity index (χ4n) is 1.29. The van der Waals surface area contributed by atoms with Crippen LogP contribution in [-0.2, 0) is 11.8 Å². The predicted octanol–water partition coefficient (Wildman–Crippen LogP) is -0.606. The van der Waals surface area contributed by atoms with E-state index in [0.29, 0.717) is 5.56 Å². The molecule has 106 valence electrons. The van der Waals surface area contributed by atoms with Crippen molar-refractivity contribution in [2.45, 2.75) is 13.0 Å². The number of aromatic nitrogens is 2. The molecule has 0 radical (unpaired) electrons. The molecule has 1 unspecified atom stereocenters. The van der Waals surface area contributed by atoms with Gasteiger partial charge in [0.2, 0.25) is 6.33 Å². The number of carbonyl (C=O) groups is 2. The molecule has 0 aliphatic rings. The predicted molar refractivity (Wildman–Crippen MR) is 70.3 cm³/mol. The Bertz CT molecular complexity index is 538. The van der Waals surface area contributed by atoms with Crippen LogP contribution in [0.15, 0.2) is 49.1 Å². The molecule has 6 heteroatoms. The number of carbonyl (C=O) groups excluding carboxylic acids is 2. The number of aromatic amines is 1. The quantitative estimate of drug-likeness (QED) is 0.733. The molecular formula is C14H17N3O3. The van der Waals surface area contributed by atoms with Gasteiger partial charge in [-0.05, 0) is 19.1 Å². The van der Waals surface area contributed by atoms with Gasteiger partial charge < -0.3 is 15.2 Å². The first kappa shape index (κ1) is 15.4. The van der Waals surface area contributed by atoms with Crippen LogP contribution in [0.2, 0.25) is 0 Å². The second-order valence-corrected chi connectivity index (χ2v) is 4.16. The second-order valence-electron chi connectivity index (χ2n) is 4.16. The van der Waals surface area contributed by atoms with E-state index in [0.717, 1.165) is 0 Å². The largest absolute Gasteiger partial charge is 0.548 e. The van der Waals surface area contributed by atoms with E-state index in [1.807, 2.05) is 30.3 Å². The van der Waals surface area contributed by atoms with E-state index >= 15 is 0 Å². The van der Waals surface area contributed by atoms with Crippen LogP contribution in [0.25, 0.3) is 0 Å². The van der Waals surface area contributed by atoms with E-state index in [9.17, 15) is 14.7 Å². The summed E-state index contributed by atoms with van der Waals surface area (Å²) in [5, 5.41) is 12.6. The molecule has 0 bridgehead atoms. The van der Waals surface area contributed by atoms with E-state index < -0.39 is 17.9 Å². The number of hydrogen-bond acceptors (Lipinski definition) is 3. The highest BCUT2D eigenvalue weighted by Gasteiger charge is 2.08. The number of H-pyrrole nitrogens is 1. The van der Waals surface area contributed by atoms with Crippen LogP contribution in [0.1, 0.15) is 17.3 Å². The minimum atomic E-state index is -1.30. The summed E-state index contributed by atoms with van der Waals surface area (Å²) in [5.41, 5.74) is 0.431. The van der Waals surface area contributed by atoms with Crippen LogP contribution < -0.4 is 15.0 Å². The molecule has 0 aliphatic carbocycles. The molecule has 1 atom stereocenters. The molecule has 0 saturated heterocycles. The summed E-state index contributed by atoms with van der Waals surface area (Å²) < 4.78 is 1.94. The highest BCUT2D eigenvalue weighted by atomic mass is 16.4. The van der Waals surface area contributed by atoms with E-state index in [4.69, 9.17) is 0 Å². The van der Waals surface area contributed by atoms with Crippen molar-refractivity contribution in [3.05, 3.63) is 54.6 Å². The third-order valence-corrected chi connectivity index (χ3v) is 2.42. The van der Waals surface area contributed by atoms with Gasteiger partial charge in [-0.1, -0.05) is 18.2 Å². The maximum absolute atomic E-state index is 11.4. The zero-order chi connectivity index (χ0) is 15.0.